The zero-order valence-corrected chi connectivity index (χ0v) is 8.55. The Bertz CT molecular complexity index is 381. The van der Waals surface area contributed by atoms with Crippen LogP contribution in [0, 0.1) is 5.92 Å². The van der Waals surface area contributed by atoms with Crippen molar-refractivity contribution in [1.82, 2.24) is 5.32 Å². The molecular weight excluding hydrogens is 193 g/mol. The van der Waals surface area contributed by atoms with Gasteiger partial charge in [-0.2, -0.15) is 0 Å². The Balaban J connectivity index is 2.04. The normalized spacial score (nSPS) is 29.8. The Hall–Kier alpha value is -1.09. The van der Waals surface area contributed by atoms with Crippen molar-refractivity contribution in [1.29, 1.82) is 0 Å². The molecule has 1 fully saturated rings. The number of nitrogens with one attached hydrogen (secondary N) is 1. The zero-order chi connectivity index (χ0) is 10.3. The summed E-state index contributed by atoms with van der Waals surface area (Å²) in [5, 5.41) is 3.38. The van der Waals surface area contributed by atoms with Crippen LogP contribution in [0.25, 0.3) is 0 Å². The quantitative estimate of drug-likeness (QED) is 0.656. The summed E-state index contributed by atoms with van der Waals surface area (Å²) in [5.41, 5.74) is 2.64. The smallest absolute Gasteiger partial charge is 0.125 e. The predicted octanol–water partition coefficient (Wildman–Crippen LogP) is 2.06. The van der Waals surface area contributed by atoms with Crippen LogP contribution in [0.4, 0.5) is 4.39 Å². The highest BCUT2D eigenvalue weighted by molar-refractivity contribution is 5.43. The molecule has 1 unspecified atom stereocenters. The van der Waals surface area contributed by atoms with E-state index < -0.39 is 0 Å². The summed E-state index contributed by atoms with van der Waals surface area (Å²) in [6, 6.07) is 0. The minimum Gasteiger partial charge on any atom is -0.493 e. The molecule has 3 aliphatic rings. The molecule has 1 saturated heterocycles. The minimum atomic E-state index is -0.168. The maximum Gasteiger partial charge on any atom is 0.125 e. The highest BCUT2D eigenvalue weighted by Gasteiger charge is 2.29. The molecule has 2 aliphatic heterocycles. The molecule has 2 heterocycles. The van der Waals surface area contributed by atoms with Gasteiger partial charge >= 0.3 is 0 Å². The van der Waals surface area contributed by atoms with Crippen molar-refractivity contribution in [3.8, 4) is 0 Å². The molecule has 0 saturated carbocycles. The summed E-state index contributed by atoms with van der Waals surface area (Å²) < 4.78 is 18.7. The maximum absolute atomic E-state index is 13.1. The van der Waals surface area contributed by atoms with Gasteiger partial charge < -0.3 is 10.1 Å². The van der Waals surface area contributed by atoms with E-state index in [-0.39, 0.29) is 5.83 Å². The lowest BCUT2D eigenvalue weighted by atomic mass is 9.91. The van der Waals surface area contributed by atoms with E-state index in [2.05, 4.69) is 5.32 Å². The molecule has 1 N–H and O–H groups in total. The van der Waals surface area contributed by atoms with Gasteiger partial charge in [-0.1, -0.05) is 0 Å². The van der Waals surface area contributed by atoms with E-state index in [0.717, 1.165) is 25.3 Å². The van der Waals surface area contributed by atoms with Crippen LogP contribution in [0.15, 0.2) is 34.9 Å². The van der Waals surface area contributed by atoms with Gasteiger partial charge in [0.25, 0.3) is 0 Å². The van der Waals surface area contributed by atoms with Crippen LogP contribution in [-0.4, -0.2) is 19.7 Å². The summed E-state index contributed by atoms with van der Waals surface area (Å²) in [6.45, 7) is 2.69. The van der Waals surface area contributed by atoms with Crippen molar-refractivity contribution in [3.63, 3.8) is 0 Å². The second kappa shape index (κ2) is 3.49. The van der Waals surface area contributed by atoms with Crippen molar-refractivity contribution in [2.45, 2.75) is 12.8 Å². The minimum absolute atomic E-state index is 0.168. The van der Waals surface area contributed by atoms with E-state index in [0.29, 0.717) is 18.9 Å². The third-order valence-electron chi connectivity index (χ3n) is 3.38. The molecule has 0 amide bonds. The van der Waals surface area contributed by atoms with Crippen LogP contribution >= 0.6 is 0 Å². The summed E-state index contributed by atoms with van der Waals surface area (Å²) >= 11 is 0. The molecule has 3 heteroatoms. The monoisotopic (exact) mass is 207 g/mol. The number of hydrogen-bond acceptors (Lipinski definition) is 2. The molecule has 1 aliphatic carbocycles. The van der Waals surface area contributed by atoms with Gasteiger partial charge in [0.1, 0.15) is 11.6 Å². The lowest BCUT2D eigenvalue weighted by molar-refractivity contribution is 0.210. The van der Waals surface area contributed by atoms with Gasteiger partial charge in [0.2, 0.25) is 0 Å². The van der Waals surface area contributed by atoms with Crippen LogP contribution in [-0.2, 0) is 4.74 Å². The first-order valence-electron chi connectivity index (χ1n) is 5.48. The van der Waals surface area contributed by atoms with Crippen molar-refractivity contribution < 1.29 is 9.13 Å². The standard InChI is InChI=1S/C12H14FNO/c13-9-1-2-10-11-7-14-6-8(11)3-4-15-12(10)5-9/h1,5,8,14H,2-4,6-7H2. The van der Waals surface area contributed by atoms with Crippen molar-refractivity contribution in [2.24, 2.45) is 5.92 Å². The fraction of sp³-hybridized carbons (Fsp3) is 0.500. The molecule has 0 aromatic carbocycles. The van der Waals surface area contributed by atoms with Gasteiger partial charge in [0.05, 0.1) is 6.61 Å². The van der Waals surface area contributed by atoms with Gasteiger partial charge in [-0.3, -0.25) is 0 Å². The number of allylic oxidation sites excluding steroid dienone is 4. The third-order valence-corrected chi connectivity index (χ3v) is 3.38. The van der Waals surface area contributed by atoms with Gasteiger partial charge in [0.15, 0.2) is 0 Å². The average Bonchev–Trinajstić information content (AvgIpc) is 2.61. The van der Waals surface area contributed by atoms with E-state index in [1.54, 1.807) is 6.08 Å². The van der Waals surface area contributed by atoms with Crippen LogP contribution in [0.3, 0.4) is 0 Å². The fourth-order valence-electron chi connectivity index (χ4n) is 2.58. The Morgan fingerprint density at radius 3 is 3.33 bits per heavy atom. The Morgan fingerprint density at radius 2 is 2.40 bits per heavy atom. The zero-order valence-electron chi connectivity index (χ0n) is 8.55. The van der Waals surface area contributed by atoms with Crippen LogP contribution in [0.5, 0.6) is 0 Å². The number of hydrogen-bond donors (Lipinski definition) is 1. The lowest BCUT2D eigenvalue weighted by Crippen LogP contribution is -2.10. The largest absolute Gasteiger partial charge is 0.493 e. The number of rotatable bonds is 0. The molecule has 0 spiro atoms. The van der Waals surface area contributed by atoms with Crippen molar-refractivity contribution in [3.05, 3.63) is 34.9 Å². The number of fused-ring (bicyclic) bond motifs is 2. The lowest BCUT2D eigenvalue weighted by Gasteiger charge is -2.15. The van der Waals surface area contributed by atoms with Crippen molar-refractivity contribution in [2.75, 3.05) is 19.7 Å². The molecule has 0 aromatic rings. The van der Waals surface area contributed by atoms with Gasteiger partial charge in [-0.05, 0) is 36.0 Å². The second-order valence-corrected chi connectivity index (χ2v) is 4.27. The highest BCUT2D eigenvalue weighted by atomic mass is 19.1. The number of halogens is 1. The van der Waals surface area contributed by atoms with Gasteiger partial charge in [0, 0.05) is 19.2 Å². The molecule has 0 aromatic heterocycles. The maximum atomic E-state index is 13.1. The van der Waals surface area contributed by atoms with Crippen LogP contribution in [0.2, 0.25) is 0 Å². The Morgan fingerprint density at radius 1 is 1.47 bits per heavy atom. The predicted molar refractivity (Wildman–Crippen MR) is 55.8 cm³/mol. The van der Waals surface area contributed by atoms with Crippen molar-refractivity contribution >= 4 is 0 Å². The van der Waals surface area contributed by atoms with E-state index in [4.69, 9.17) is 4.74 Å². The van der Waals surface area contributed by atoms with E-state index in [9.17, 15) is 4.39 Å². The topological polar surface area (TPSA) is 21.3 Å². The van der Waals surface area contributed by atoms with Gasteiger partial charge in [-0.15, -0.1) is 0 Å². The molecule has 15 heavy (non-hydrogen) atoms. The highest BCUT2D eigenvalue weighted by Crippen LogP contribution is 2.35. The molecule has 0 bridgehead atoms. The van der Waals surface area contributed by atoms with Gasteiger partial charge in [-0.25, -0.2) is 4.39 Å². The Kier molecular flexibility index (Phi) is 2.13. The first-order chi connectivity index (χ1) is 7.34. The SMILES string of the molecule is FC1=CCC2=C3CNCC3CCOC2=C1. The third kappa shape index (κ3) is 1.51. The van der Waals surface area contributed by atoms with E-state index >= 15 is 0 Å². The molecule has 0 radical (unpaired) electrons. The summed E-state index contributed by atoms with van der Waals surface area (Å²) in [7, 11) is 0. The average molecular weight is 207 g/mol. The first-order valence-corrected chi connectivity index (χ1v) is 5.48. The molecule has 80 valence electrons. The second-order valence-electron chi connectivity index (χ2n) is 4.27. The summed E-state index contributed by atoms with van der Waals surface area (Å²) in [4.78, 5) is 0. The molecule has 1 atom stereocenters. The summed E-state index contributed by atoms with van der Waals surface area (Å²) in [6.07, 6.45) is 4.89. The first kappa shape index (κ1) is 9.16. The van der Waals surface area contributed by atoms with Crippen LogP contribution < -0.4 is 5.32 Å². The fourth-order valence-corrected chi connectivity index (χ4v) is 2.58. The molecule has 2 nitrogen and oxygen atoms in total. The molecular formula is C12H14FNO. The number of ether oxygens (including phenoxy) is 1. The van der Waals surface area contributed by atoms with Crippen LogP contribution in [0.1, 0.15) is 12.8 Å². The van der Waals surface area contributed by atoms with E-state index in [1.165, 1.54) is 17.2 Å². The Labute approximate surface area is 88.5 Å². The summed E-state index contributed by atoms with van der Waals surface area (Å²) in [5.74, 6) is 1.19. The van der Waals surface area contributed by atoms with E-state index in [1.807, 2.05) is 0 Å². The molecule has 3 rings (SSSR count).